The third kappa shape index (κ3) is 2.23. The smallest absolute Gasteiger partial charge is 0.231 e. The molecule has 4 heteroatoms. The zero-order valence-electron chi connectivity index (χ0n) is 10.1. The lowest BCUT2D eigenvalue weighted by Crippen LogP contribution is -2.22. The lowest BCUT2D eigenvalue weighted by atomic mass is 10.1. The van der Waals surface area contributed by atoms with Crippen molar-refractivity contribution in [2.24, 2.45) is 0 Å². The van der Waals surface area contributed by atoms with Gasteiger partial charge in [-0.2, -0.15) is 0 Å². The summed E-state index contributed by atoms with van der Waals surface area (Å²) < 4.78 is 21.9. The summed E-state index contributed by atoms with van der Waals surface area (Å²) >= 11 is 0. The summed E-state index contributed by atoms with van der Waals surface area (Å²) in [5, 5.41) is 0. The van der Waals surface area contributed by atoms with Crippen LogP contribution in [-0.4, -0.2) is 25.3 Å². The molecule has 1 fully saturated rings. The summed E-state index contributed by atoms with van der Waals surface area (Å²) in [6.45, 7) is 4.83. The second-order valence-electron chi connectivity index (χ2n) is 4.84. The minimum Gasteiger partial charge on any atom is -0.454 e. The second kappa shape index (κ2) is 3.89. The van der Waals surface area contributed by atoms with Gasteiger partial charge in [-0.1, -0.05) is 6.07 Å². The SMILES string of the molecule is CC1(C)OCC(Cc2ccc3c(c2)OCO3)O1. The Morgan fingerprint density at radius 3 is 2.82 bits per heavy atom. The Morgan fingerprint density at radius 2 is 2.06 bits per heavy atom. The Balaban J connectivity index is 1.70. The summed E-state index contributed by atoms with van der Waals surface area (Å²) in [7, 11) is 0. The van der Waals surface area contributed by atoms with E-state index in [0.29, 0.717) is 13.4 Å². The van der Waals surface area contributed by atoms with Gasteiger partial charge in [0.05, 0.1) is 12.7 Å². The maximum atomic E-state index is 5.78. The van der Waals surface area contributed by atoms with Crippen molar-refractivity contribution in [3.8, 4) is 11.5 Å². The van der Waals surface area contributed by atoms with Gasteiger partial charge < -0.3 is 18.9 Å². The van der Waals surface area contributed by atoms with E-state index in [1.54, 1.807) is 0 Å². The van der Waals surface area contributed by atoms with E-state index in [2.05, 4.69) is 0 Å². The molecule has 1 atom stereocenters. The molecule has 2 heterocycles. The number of hydrogen-bond acceptors (Lipinski definition) is 4. The zero-order valence-corrected chi connectivity index (χ0v) is 10.1. The topological polar surface area (TPSA) is 36.9 Å². The first-order valence-electron chi connectivity index (χ1n) is 5.83. The molecule has 17 heavy (non-hydrogen) atoms. The normalized spacial score (nSPS) is 25.2. The van der Waals surface area contributed by atoms with Crippen molar-refractivity contribution >= 4 is 0 Å². The van der Waals surface area contributed by atoms with Gasteiger partial charge in [-0.25, -0.2) is 0 Å². The van der Waals surface area contributed by atoms with Gasteiger partial charge in [0.15, 0.2) is 17.3 Å². The van der Waals surface area contributed by atoms with E-state index in [1.165, 1.54) is 5.56 Å². The first-order valence-corrected chi connectivity index (χ1v) is 5.83. The highest BCUT2D eigenvalue weighted by Gasteiger charge is 2.32. The predicted octanol–water partition coefficient (Wildman–Crippen LogP) is 2.11. The van der Waals surface area contributed by atoms with E-state index >= 15 is 0 Å². The van der Waals surface area contributed by atoms with Gasteiger partial charge in [-0.15, -0.1) is 0 Å². The van der Waals surface area contributed by atoms with Crippen molar-refractivity contribution in [3.05, 3.63) is 23.8 Å². The van der Waals surface area contributed by atoms with Crippen molar-refractivity contribution < 1.29 is 18.9 Å². The zero-order chi connectivity index (χ0) is 11.9. The minimum atomic E-state index is -0.457. The third-order valence-corrected chi connectivity index (χ3v) is 2.97. The molecule has 2 aliphatic heterocycles. The highest BCUT2D eigenvalue weighted by atomic mass is 16.7. The average Bonchev–Trinajstić information content (AvgIpc) is 2.84. The molecule has 1 unspecified atom stereocenters. The fourth-order valence-electron chi connectivity index (χ4n) is 2.19. The van der Waals surface area contributed by atoms with Crippen LogP contribution >= 0.6 is 0 Å². The molecule has 1 aromatic carbocycles. The molecule has 2 aliphatic rings. The Labute approximate surface area is 100 Å². The van der Waals surface area contributed by atoms with Crippen molar-refractivity contribution in [1.82, 2.24) is 0 Å². The molecule has 4 nitrogen and oxygen atoms in total. The Kier molecular flexibility index (Phi) is 2.49. The molecule has 0 aliphatic carbocycles. The molecule has 0 N–H and O–H groups in total. The molecule has 3 rings (SSSR count). The number of rotatable bonds is 2. The van der Waals surface area contributed by atoms with Gasteiger partial charge in [0.1, 0.15) is 0 Å². The van der Waals surface area contributed by atoms with Crippen molar-refractivity contribution in [2.45, 2.75) is 32.2 Å². The summed E-state index contributed by atoms with van der Waals surface area (Å²) in [6, 6.07) is 6.00. The highest BCUT2D eigenvalue weighted by molar-refractivity contribution is 5.44. The van der Waals surface area contributed by atoms with Crippen LogP contribution in [0.3, 0.4) is 0 Å². The predicted molar refractivity (Wildman–Crippen MR) is 61.2 cm³/mol. The van der Waals surface area contributed by atoms with Crippen LogP contribution in [0.5, 0.6) is 11.5 Å². The molecule has 92 valence electrons. The summed E-state index contributed by atoms with van der Waals surface area (Å²) in [5.74, 6) is 1.18. The first-order chi connectivity index (χ1) is 8.12. The van der Waals surface area contributed by atoms with Gasteiger partial charge >= 0.3 is 0 Å². The molecular weight excluding hydrogens is 220 g/mol. The number of fused-ring (bicyclic) bond motifs is 1. The standard InChI is InChI=1S/C13H16O4/c1-13(2)16-7-10(17-13)5-9-3-4-11-12(6-9)15-8-14-11/h3-4,6,10H,5,7-8H2,1-2H3. The maximum Gasteiger partial charge on any atom is 0.231 e. The Bertz CT molecular complexity index is 427. The number of ether oxygens (including phenoxy) is 4. The molecule has 0 radical (unpaired) electrons. The summed E-state index contributed by atoms with van der Waals surface area (Å²) in [4.78, 5) is 0. The maximum absolute atomic E-state index is 5.78. The van der Waals surface area contributed by atoms with E-state index in [4.69, 9.17) is 18.9 Å². The largest absolute Gasteiger partial charge is 0.454 e. The van der Waals surface area contributed by atoms with Gasteiger partial charge in [0, 0.05) is 6.42 Å². The van der Waals surface area contributed by atoms with Crippen molar-refractivity contribution in [2.75, 3.05) is 13.4 Å². The van der Waals surface area contributed by atoms with Crippen LogP contribution in [0.2, 0.25) is 0 Å². The average molecular weight is 236 g/mol. The van der Waals surface area contributed by atoms with E-state index in [9.17, 15) is 0 Å². The van der Waals surface area contributed by atoms with Gasteiger partial charge in [0.2, 0.25) is 6.79 Å². The van der Waals surface area contributed by atoms with Crippen LogP contribution in [0.25, 0.3) is 0 Å². The van der Waals surface area contributed by atoms with Crippen LogP contribution in [0.1, 0.15) is 19.4 Å². The first kappa shape index (κ1) is 10.9. The monoisotopic (exact) mass is 236 g/mol. The van der Waals surface area contributed by atoms with Crippen molar-refractivity contribution in [3.63, 3.8) is 0 Å². The Hall–Kier alpha value is -1.26. The number of benzene rings is 1. The van der Waals surface area contributed by atoms with Crippen molar-refractivity contribution in [1.29, 1.82) is 0 Å². The Morgan fingerprint density at radius 1 is 1.24 bits per heavy atom. The second-order valence-corrected chi connectivity index (χ2v) is 4.84. The highest BCUT2D eigenvalue weighted by Crippen LogP contribution is 2.33. The van der Waals surface area contributed by atoms with Crippen LogP contribution in [0.15, 0.2) is 18.2 Å². The van der Waals surface area contributed by atoms with E-state index in [-0.39, 0.29) is 6.10 Å². The third-order valence-electron chi connectivity index (χ3n) is 2.97. The lowest BCUT2D eigenvalue weighted by Gasteiger charge is -2.17. The fraction of sp³-hybridized carbons (Fsp3) is 0.538. The van der Waals surface area contributed by atoms with E-state index in [1.807, 2.05) is 32.0 Å². The van der Waals surface area contributed by atoms with Crippen LogP contribution in [0, 0.1) is 0 Å². The van der Waals surface area contributed by atoms with Crippen LogP contribution < -0.4 is 9.47 Å². The van der Waals surface area contributed by atoms with Gasteiger partial charge in [0.25, 0.3) is 0 Å². The molecule has 0 bridgehead atoms. The van der Waals surface area contributed by atoms with E-state index in [0.717, 1.165) is 17.9 Å². The molecular formula is C13H16O4. The molecule has 1 aromatic rings. The minimum absolute atomic E-state index is 0.116. The molecule has 0 aromatic heterocycles. The summed E-state index contributed by atoms with van der Waals surface area (Å²) in [6.07, 6.45) is 0.949. The van der Waals surface area contributed by atoms with E-state index < -0.39 is 5.79 Å². The van der Waals surface area contributed by atoms with Crippen LogP contribution in [0.4, 0.5) is 0 Å². The summed E-state index contributed by atoms with van der Waals surface area (Å²) in [5.41, 5.74) is 1.18. The molecule has 1 saturated heterocycles. The molecule has 0 saturated carbocycles. The lowest BCUT2D eigenvalue weighted by molar-refractivity contribution is -0.138. The molecule has 0 spiro atoms. The van der Waals surface area contributed by atoms with Gasteiger partial charge in [-0.3, -0.25) is 0 Å². The molecule has 0 amide bonds. The number of hydrogen-bond donors (Lipinski definition) is 0. The quantitative estimate of drug-likeness (QED) is 0.788. The van der Waals surface area contributed by atoms with Gasteiger partial charge in [-0.05, 0) is 31.5 Å². The van der Waals surface area contributed by atoms with Crippen LogP contribution in [-0.2, 0) is 15.9 Å². The fourth-order valence-corrected chi connectivity index (χ4v) is 2.19.